The smallest absolute Gasteiger partial charge is 0.231 e. The van der Waals surface area contributed by atoms with Crippen LogP contribution in [0.2, 0.25) is 0 Å². The van der Waals surface area contributed by atoms with Gasteiger partial charge in [0.15, 0.2) is 0 Å². The van der Waals surface area contributed by atoms with Gasteiger partial charge in [-0.2, -0.15) is 0 Å². The van der Waals surface area contributed by atoms with Crippen LogP contribution in [0.1, 0.15) is 34.6 Å². The largest absolute Gasteiger partial charge is 0.369 e. The fourth-order valence-electron chi connectivity index (χ4n) is 1.29. The van der Waals surface area contributed by atoms with Gasteiger partial charge in [0.2, 0.25) is 5.91 Å². The molecule has 3 N–H and O–H groups in total. The van der Waals surface area contributed by atoms with Gasteiger partial charge >= 0.3 is 0 Å². The summed E-state index contributed by atoms with van der Waals surface area (Å²) in [5.74, 6) is -0.264. The van der Waals surface area contributed by atoms with E-state index in [-0.39, 0.29) is 11.4 Å². The molecule has 90 valence electrons. The maximum Gasteiger partial charge on any atom is 0.231 e. The Kier molecular flexibility index (Phi) is 5.83. The van der Waals surface area contributed by atoms with Crippen molar-refractivity contribution < 1.29 is 4.79 Å². The van der Waals surface area contributed by atoms with Crippen molar-refractivity contribution in [2.24, 2.45) is 5.73 Å². The van der Waals surface area contributed by atoms with Gasteiger partial charge in [-0.05, 0) is 34.6 Å². The molecule has 0 rings (SSSR count). The maximum atomic E-state index is 10.8. The molecule has 4 nitrogen and oxygen atoms in total. The van der Waals surface area contributed by atoms with Gasteiger partial charge in [-0.15, -0.1) is 0 Å². The Hall–Kier alpha value is -0.610. The Bertz CT molecular complexity index is 196. The predicted molar refractivity (Wildman–Crippen MR) is 63.7 cm³/mol. The molecule has 0 aliphatic rings. The molecule has 1 amide bonds. The van der Waals surface area contributed by atoms with Crippen molar-refractivity contribution in [3.05, 3.63) is 0 Å². The molecule has 0 aromatic rings. The summed E-state index contributed by atoms with van der Waals surface area (Å²) in [6.07, 6.45) is 0. The van der Waals surface area contributed by atoms with Crippen LogP contribution in [0.15, 0.2) is 0 Å². The highest BCUT2D eigenvalue weighted by Crippen LogP contribution is 2.00. The van der Waals surface area contributed by atoms with Crippen molar-refractivity contribution in [1.29, 1.82) is 0 Å². The van der Waals surface area contributed by atoms with Crippen LogP contribution in [-0.4, -0.2) is 42.0 Å². The summed E-state index contributed by atoms with van der Waals surface area (Å²) in [5, 5.41) is 3.39. The van der Waals surface area contributed by atoms with Crippen LogP contribution in [0.4, 0.5) is 0 Å². The zero-order valence-corrected chi connectivity index (χ0v) is 10.6. The first kappa shape index (κ1) is 14.4. The zero-order valence-electron chi connectivity index (χ0n) is 10.6. The van der Waals surface area contributed by atoms with Gasteiger partial charge in [0.1, 0.15) is 0 Å². The second-order valence-electron chi connectivity index (χ2n) is 5.21. The lowest BCUT2D eigenvalue weighted by atomic mass is 10.1. The summed E-state index contributed by atoms with van der Waals surface area (Å²) in [5.41, 5.74) is 5.31. The SMILES string of the molecule is CC(C)N(CCNC(C)(C)C)CC(N)=O. The quantitative estimate of drug-likeness (QED) is 0.681. The van der Waals surface area contributed by atoms with Crippen LogP contribution in [-0.2, 0) is 4.79 Å². The number of nitrogens with one attached hydrogen (secondary N) is 1. The number of nitrogens with two attached hydrogens (primary N) is 1. The molecule has 0 aliphatic carbocycles. The molecule has 0 aliphatic heterocycles. The fourth-order valence-corrected chi connectivity index (χ4v) is 1.29. The number of rotatable bonds is 6. The molecule has 0 atom stereocenters. The summed E-state index contributed by atoms with van der Waals surface area (Å²) in [6.45, 7) is 12.6. The summed E-state index contributed by atoms with van der Waals surface area (Å²) in [7, 11) is 0. The Balaban J connectivity index is 3.92. The molecule has 0 heterocycles. The highest BCUT2D eigenvalue weighted by atomic mass is 16.1. The first-order chi connectivity index (χ1) is 6.72. The molecule has 15 heavy (non-hydrogen) atoms. The first-order valence-electron chi connectivity index (χ1n) is 5.50. The fraction of sp³-hybridized carbons (Fsp3) is 0.909. The van der Waals surface area contributed by atoms with E-state index >= 15 is 0 Å². The van der Waals surface area contributed by atoms with E-state index in [4.69, 9.17) is 5.73 Å². The first-order valence-corrected chi connectivity index (χ1v) is 5.50. The van der Waals surface area contributed by atoms with Gasteiger partial charge in [-0.3, -0.25) is 9.69 Å². The van der Waals surface area contributed by atoms with Crippen molar-refractivity contribution in [3.63, 3.8) is 0 Å². The third-order valence-electron chi connectivity index (χ3n) is 2.14. The molecule has 0 aromatic carbocycles. The molecule has 0 unspecified atom stereocenters. The maximum absolute atomic E-state index is 10.8. The molecule has 0 spiro atoms. The summed E-state index contributed by atoms with van der Waals surface area (Å²) < 4.78 is 0. The number of hydrogen-bond donors (Lipinski definition) is 2. The number of nitrogens with zero attached hydrogens (tertiary/aromatic N) is 1. The number of amides is 1. The molecule has 0 fully saturated rings. The van der Waals surface area contributed by atoms with E-state index in [1.165, 1.54) is 0 Å². The van der Waals surface area contributed by atoms with E-state index in [0.29, 0.717) is 12.6 Å². The van der Waals surface area contributed by atoms with Gasteiger partial charge in [-0.1, -0.05) is 0 Å². The van der Waals surface area contributed by atoms with Crippen LogP contribution in [0.25, 0.3) is 0 Å². The second-order valence-corrected chi connectivity index (χ2v) is 5.21. The monoisotopic (exact) mass is 215 g/mol. The predicted octanol–water partition coefficient (Wildman–Crippen LogP) is 0.570. The third-order valence-corrected chi connectivity index (χ3v) is 2.14. The Morgan fingerprint density at radius 3 is 2.27 bits per heavy atom. The highest BCUT2D eigenvalue weighted by Gasteiger charge is 2.13. The van der Waals surface area contributed by atoms with Crippen molar-refractivity contribution in [3.8, 4) is 0 Å². The van der Waals surface area contributed by atoms with E-state index in [1.807, 2.05) is 0 Å². The lowest BCUT2D eigenvalue weighted by Gasteiger charge is -2.27. The zero-order chi connectivity index (χ0) is 12.1. The Morgan fingerprint density at radius 1 is 1.40 bits per heavy atom. The van der Waals surface area contributed by atoms with Gasteiger partial charge in [-0.25, -0.2) is 0 Å². The topological polar surface area (TPSA) is 58.4 Å². The van der Waals surface area contributed by atoms with Crippen LogP contribution < -0.4 is 11.1 Å². The van der Waals surface area contributed by atoms with Crippen LogP contribution in [0.5, 0.6) is 0 Å². The van der Waals surface area contributed by atoms with E-state index in [1.54, 1.807) is 0 Å². The van der Waals surface area contributed by atoms with Gasteiger partial charge in [0.05, 0.1) is 6.54 Å². The van der Waals surface area contributed by atoms with Crippen molar-refractivity contribution in [1.82, 2.24) is 10.2 Å². The Labute approximate surface area is 93.2 Å². The van der Waals surface area contributed by atoms with E-state index in [9.17, 15) is 4.79 Å². The molecule has 0 saturated carbocycles. The van der Waals surface area contributed by atoms with Crippen LogP contribution >= 0.6 is 0 Å². The van der Waals surface area contributed by atoms with Gasteiger partial charge in [0.25, 0.3) is 0 Å². The van der Waals surface area contributed by atoms with E-state index in [2.05, 4.69) is 44.8 Å². The molecule has 0 radical (unpaired) electrons. The average Bonchev–Trinajstić information content (AvgIpc) is 1.99. The average molecular weight is 215 g/mol. The minimum Gasteiger partial charge on any atom is -0.369 e. The number of hydrogen-bond acceptors (Lipinski definition) is 3. The molecule has 0 aromatic heterocycles. The minimum absolute atomic E-state index is 0.120. The van der Waals surface area contributed by atoms with Crippen molar-refractivity contribution >= 4 is 5.91 Å². The van der Waals surface area contributed by atoms with E-state index in [0.717, 1.165) is 13.1 Å². The third kappa shape index (κ3) is 8.39. The summed E-state index contributed by atoms with van der Waals surface area (Å²) in [4.78, 5) is 12.9. The van der Waals surface area contributed by atoms with Crippen LogP contribution in [0.3, 0.4) is 0 Å². The minimum atomic E-state index is -0.264. The van der Waals surface area contributed by atoms with Gasteiger partial charge in [0, 0.05) is 24.7 Å². The lowest BCUT2D eigenvalue weighted by Crippen LogP contribution is -2.45. The molecule has 4 heteroatoms. The number of carbonyl (C=O) groups is 1. The summed E-state index contributed by atoms with van der Waals surface area (Å²) >= 11 is 0. The lowest BCUT2D eigenvalue weighted by molar-refractivity contribution is -0.119. The molecular weight excluding hydrogens is 190 g/mol. The number of primary amides is 1. The Morgan fingerprint density at radius 2 is 1.93 bits per heavy atom. The summed E-state index contributed by atoms with van der Waals surface area (Å²) in [6, 6.07) is 0.347. The standard InChI is InChI=1S/C11H25N3O/c1-9(2)14(8-10(12)15)7-6-13-11(3,4)5/h9,13H,6-8H2,1-5H3,(H2,12,15). The van der Waals surface area contributed by atoms with Gasteiger partial charge < -0.3 is 11.1 Å². The molecule has 0 saturated heterocycles. The second kappa shape index (κ2) is 6.08. The van der Waals surface area contributed by atoms with Crippen molar-refractivity contribution in [2.75, 3.05) is 19.6 Å². The van der Waals surface area contributed by atoms with Crippen LogP contribution in [0, 0.1) is 0 Å². The highest BCUT2D eigenvalue weighted by molar-refractivity contribution is 5.75. The normalized spacial score (nSPS) is 12.5. The molecule has 0 bridgehead atoms. The van der Waals surface area contributed by atoms with E-state index < -0.39 is 0 Å². The van der Waals surface area contributed by atoms with Crippen molar-refractivity contribution in [2.45, 2.75) is 46.2 Å². The number of carbonyl (C=O) groups excluding carboxylic acids is 1. The molecular formula is C11H25N3O.